The molecular formula is C10H20O. The minimum Gasteiger partial charge on any atom is -0.396 e. The molecule has 1 atom stereocenters. The van der Waals surface area contributed by atoms with Gasteiger partial charge in [0.05, 0.1) is 0 Å². The maximum absolute atomic E-state index is 9.04. The van der Waals surface area contributed by atoms with E-state index >= 15 is 0 Å². The lowest BCUT2D eigenvalue weighted by Crippen LogP contribution is -2.07. The molecule has 0 spiro atoms. The van der Waals surface area contributed by atoms with Gasteiger partial charge >= 0.3 is 0 Å². The second-order valence-corrected chi connectivity index (χ2v) is 3.78. The third-order valence-corrected chi connectivity index (χ3v) is 2.70. The summed E-state index contributed by atoms with van der Waals surface area (Å²) in [6.45, 7) is 2.65. The fourth-order valence-electron chi connectivity index (χ4n) is 1.70. The molecule has 0 aromatic heterocycles. The van der Waals surface area contributed by atoms with E-state index in [1.54, 1.807) is 0 Å². The molecule has 1 aliphatic rings. The van der Waals surface area contributed by atoms with Gasteiger partial charge in [0.2, 0.25) is 0 Å². The summed E-state index contributed by atoms with van der Waals surface area (Å²) in [4.78, 5) is 0. The summed E-state index contributed by atoms with van der Waals surface area (Å²) in [5.74, 6) is 1.53. The molecule has 1 saturated carbocycles. The number of hydrogen-bond acceptors (Lipinski definition) is 1. The molecule has 11 heavy (non-hydrogen) atoms. The summed E-state index contributed by atoms with van der Waals surface area (Å²) >= 11 is 0. The van der Waals surface area contributed by atoms with Crippen molar-refractivity contribution in [2.24, 2.45) is 11.8 Å². The van der Waals surface area contributed by atoms with E-state index in [9.17, 15) is 0 Å². The molecule has 1 aliphatic carbocycles. The fraction of sp³-hybridized carbons (Fsp3) is 1.00. The molecular weight excluding hydrogens is 136 g/mol. The van der Waals surface area contributed by atoms with Crippen molar-refractivity contribution in [3.05, 3.63) is 0 Å². The second kappa shape index (κ2) is 4.76. The maximum Gasteiger partial charge on any atom is 0.0461 e. The van der Waals surface area contributed by atoms with E-state index in [0.717, 1.165) is 5.92 Å². The summed E-state index contributed by atoms with van der Waals surface area (Å²) in [6, 6.07) is 0. The smallest absolute Gasteiger partial charge is 0.0461 e. The Hall–Kier alpha value is -0.0400. The van der Waals surface area contributed by atoms with Crippen molar-refractivity contribution in [2.45, 2.75) is 45.4 Å². The average Bonchev–Trinajstić information content (AvgIpc) is 2.81. The van der Waals surface area contributed by atoms with Gasteiger partial charge in [-0.2, -0.15) is 0 Å². The van der Waals surface area contributed by atoms with Crippen LogP contribution in [0, 0.1) is 11.8 Å². The van der Waals surface area contributed by atoms with Crippen molar-refractivity contribution in [1.82, 2.24) is 0 Å². The topological polar surface area (TPSA) is 20.2 Å². The van der Waals surface area contributed by atoms with Gasteiger partial charge in [-0.25, -0.2) is 0 Å². The van der Waals surface area contributed by atoms with Crippen LogP contribution in [0.5, 0.6) is 0 Å². The minimum atomic E-state index is 0.425. The highest BCUT2D eigenvalue weighted by atomic mass is 16.3. The number of unbranched alkanes of at least 4 members (excludes halogenated alkanes) is 2. The second-order valence-electron chi connectivity index (χ2n) is 3.78. The SMILES string of the molecule is CCCCC[C@@H](CO)C1CC1. The lowest BCUT2D eigenvalue weighted by atomic mass is 9.97. The predicted octanol–water partition coefficient (Wildman–Crippen LogP) is 2.59. The summed E-state index contributed by atoms with van der Waals surface area (Å²) in [5, 5.41) is 9.04. The van der Waals surface area contributed by atoms with Crippen molar-refractivity contribution >= 4 is 0 Å². The number of aliphatic hydroxyl groups is 1. The zero-order chi connectivity index (χ0) is 8.10. The first-order chi connectivity index (χ1) is 5.38. The third kappa shape index (κ3) is 3.24. The molecule has 0 aromatic rings. The van der Waals surface area contributed by atoms with Gasteiger partial charge in [0.15, 0.2) is 0 Å². The molecule has 1 rings (SSSR count). The normalized spacial score (nSPS) is 20.2. The zero-order valence-corrected chi connectivity index (χ0v) is 7.55. The van der Waals surface area contributed by atoms with Gasteiger partial charge in [-0.1, -0.05) is 26.2 Å². The molecule has 0 saturated heterocycles. The first-order valence-corrected chi connectivity index (χ1v) is 4.99. The van der Waals surface area contributed by atoms with E-state index in [0.29, 0.717) is 12.5 Å². The zero-order valence-electron chi connectivity index (χ0n) is 7.55. The van der Waals surface area contributed by atoms with Crippen LogP contribution >= 0.6 is 0 Å². The van der Waals surface area contributed by atoms with E-state index in [1.165, 1.54) is 38.5 Å². The molecule has 1 N–H and O–H groups in total. The Morgan fingerprint density at radius 3 is 2.55 bits per heavy atom. The van der Waals surface area contributed by atoms with E-state index < -0.39 is 0 Å². The Bertz CT molecular complexity index is 97.0. The quantitative estimate of drug-likeness (QED) is 0.586. The molecule has 0 aromatic carbocycles. The van der Waals surface area contributed by atoms with Crippen molar-refractivity contribution in [2.75, 3.05) is 6.61 Å². The fourth-order valence-corrected chi connectivity index (χ4v) is 1.70. The first kappa shape index (κ1) is 9.05. The van der Waals surface area contributed by atoms with E-state index in [-0.39, 0.29) is 0 Å². The summed E-state index contributed by atoms with van der Waals surface area (Å²) < 4.78 is 0. The minimum absolute atomic E-state index is 0.425. The largest absolute Gasteiger partial charge is 0.396 e. The van der Waals surface area contributed by atoms with Gasteiger partial charge < -0.3 is 5.11 Å². The molecule has 1 heteroatoms. The number of hydrogen-bond donors (Lipinski definition) is 1. The van der Waals surface area contributed by atoms with Crippen LogP contribution in [0.1, 0.15) is 45.4 Å². The van der Waals surface area contributed by atoms with Gasteiger partial charge in [0.25, 0.3) is 0 Å². The molecule has 66 valence electrons. The summed E-state index contributed by atoms with van der Waals surface area (Å²) in [5.41, 5.74) is 0. The molecule has 0 heterocycles. The highest BCUT2D eigenvalue weighted by molar-refractivity contribution is 4.80. The van der Waals surface area contributed by atoms with Crippen LogP contribution in [0.4, 0.5) is 0 Å². The van der Waals surface area contributed by atoms with Crippen molar-refractivity contribution < 1.29 is 5.11 Å². The Balaban J connectivity index is 2.01. The van der Waals surface area contributed by atoms with E-state index in [4.69, 9.17) is 5.11 Å². The van der Waals surface area contributed by atoms with Gasteiger partial charge in [0.1, 0.15) is 0 Å². The average molecular weight is 156 g/mol. The van der Waals surface area contributed by atoms with E-state index in [2.05, 4.69) is 6.92 Å². The standard InChI is InChI=1S/C10H20O/c1-2-3-4-5-10(8-11)9-6-7-9/h9-11H,2-8H2,1H3/t10-/m0/s1. The van der Waals surface area contributed by atoms with Gasteiger partial charge in [-0.3, -0.25) is 0 Å². The molecule has 1 nitrogen and oxygen atoms in total. The van der Waals surface area contributed by atoms with Crippen molar-refractivity contribution in [3.8, 4) is 0 Å². The Labute approximate surface area is 69.8 Å². The van der Waals surface area contributed by atoms with Crippen LogP contribution in [-0.2, 0) is 0 Å². The molecule has 0 unspecified atom stereocenters. The molecule has 0 aliphatic heterocycles. The molecule has 0 amide bonds. The highest BCUT2D eigenvalue weighted by Crippen LogP contribution is 2.38. The van der Waals surface area contributed by atoms with Crippen LogP contribution in [0.2, 0.25) is 0 Å². The van der Waals surface area contributed by atoms with Crippen LogP contribution in [0.15, 0.2) is 0 Å². The Morgan fingerprint density at radius 1 is 1.36 bits per heavy atom. The Morgan fingerprint density at radius 2 is 2.09 bits per heavy atom. The van der Waals surface area contributed by atoms with Gasteiger partial charge in [-0.05, 0) is 31.1 Å². The molecule has 0 radical (unpaired) electrons. The predicted molar refractivity (Wildman–Crippen MR) is 47.4 cm³/mol. The van der Waals surface area contributed by atoms with Crippen molar-refractivity contribution in [1.29, 1.82) is 0 Å². The molecule has 1 fully saturated rings. The monoisotopic (exact) mass is 156 g/mol. The van der Waals surface area contributed by atoms with Crippen LogP contribution in [0.25, 0.3) is 0 Å². The first-order valence-electron chi connectivity index (χ1n) is 4.99. The molecule has 0 bridgehead atoms. The van der Waals surface area contributed by atoms with Crippen molar-refractivity contribution in [3.63, 3.8) is 0 Å². The van der Waals surface area contributed by atoms with Crippen LogP contribution in [-0.4, -0.2) is 11.7 Å². The number of aliphatic hydroxyl groups excluding tert-OH is 1. The summed E-state index contributed by atoms with van der Waals surface area (Å²) in [6.07, 6.45) is 7.95. The Kier molecular flexibility index (Phi) is 3.92. The maximum atomic E-state index is 9.04. The van der Waals surface area contributed by atoms with Crippen LogP contribution in [0.3, 0.4) is 0 Å². The third-order valence-electron chi connectivity index (χ3n) is 2.70. The lowest BCUT2D eigenvalue weighted by Gasteiger charge is -2.11. The van der Waals surface area contributed by atoms with Gasteiger partial charge in [0, 0.05) is 6.61 Å². The lowest BCUT2D eigenvalue weighted by molar-refractivity contribution is 0.198. The van der Waals surface area contributed by atoms with E-state index in [1.807, 2.05) is 0 Å². The summed E-state index contributed by atoms with van der Waals surface area (Å²) in [7, 11) is 0. The number of rotatable bonds is 6. The van der Waals surface area contributed by atoms with Crippen LogP contribution < -0.4 is 0 Å². The highest BCUT2D eigenvalue weighted by Gasteiger charge is 2.29. The van der Waals surface area contributed by atoms with Gasteiger partial charge in [-0.15, -0.1) is 0 Å².